The fourth-order valence-corrected chi connectivity index (χ4v) is 1.68. The van der Waals surface area contributed by atoms with Crippen molar-refractivity contribution in [1.29, 1.82) is 0 Å². The van der Waals surface area contributed by atoms with Gasteiger partial charge < -0.3 is 10.6 Å². The van der Waals surface area contributed by atoms with Gasteiger partial charge in [-0.2, -0.15) is 0 Å². The molecule has 0 saturated carbocycles. The molecule has 0 aliphatic carbocycles. The molecule has 0 bridgehead atoms. The Morgan fingerprint density at radius 1 is 1.38 bits per heavy atom. The van der Waals surface area contributed by atoms with Crippen LogP contribution in [0.1, 0.15) is 25.3 Å². The van der Waals surface area contributed by atoms with Gasteiger partial charge in [0.05, 0.1) is 0 Å². The minimum absolute atomic E-state index is 0.142. The first kappa shape index (κ1) is 12.6. The first-order valence-corrected chi connectivity index (χ1v) is 5.80. The SMILES string of the molecule is CCc1nnc(NC(=O)CCNC(C)=O)s1. The maximum atomic E-state index is 11.4. The van der Waals surface area contributed by atoms with Crippen molar-refractivity contribution in [3.8, 4) is 0 Å². The third kappa shape index (κ3) is 4.35. The molecule has 0 aliphatic heterocycles. The molecule has 0 radical (unpaired) electrons. The predicted molar refractivity (Wildman–Crippen MR) is 61.2 cm³/mol. The summed E-state index contributed by atoms with van der Waals surface area (Å²) in [7, 11) is 0. The third-order valence-corrected chi connectivity index (χ3v) is 2.72. The Kier molecular flexibility index (Phi) is 4.84. The normalized spacial score (nSPS) is 9.88. The average molecular weight is 242 g/mol. The number of carbonyl (C=O) groups is 2. The van der Waals surface area contributed by atoms with E-state index in [0.717, 1.165) is 11.4 Å². The second kappa shape index (κ2) is 6.16. The number of aryl methyl sites for hydroxylation is 1. The van der Waals surface area contributed by atoms with Crippen LogP contribution in [0, 0.1) is 0 Å². The molecule has 88 valence electrons. The summed E-state index contributed by atoms with van der Waals surface area (Å²) in [5.74, 6) is -0.315. The van der Waals surface area contributed by atoms with Crippen LogP contribution in [-0.4, -0.2) is 28.6 Å². The van der Waals surface area contributed by atoms with Gasteiger partial charge in [0.25, 0.3) is 0 Å². The van der Waals surface area contributed by atoms with Gasteiger partial charge in [-0.3, -0.25) is 9.59 Å². The molecular weight excluding hydrogens is 228 g/mol. The van der Waals surface area contributed by atoms with E-state index in [4.69, 9.17) is 0 Å². The van der Waals surface area contributed by atoms with Crippen LogP contribution >= 0.6 is 11.3 Å². The Bertz CT molecular complexity index is 377. The van der Waals surface area contributed by atoms with Crippen molar-refractivity contribution in [3.63, 3.8) is 0 Å². The first-order valence-electron chi connectivity index (χ1n) is 4.98. The van der Waals surface area contributed by atoms with Crippen molar-refractivity contribution in [2.45, 2.75) is 26.7 Å². The lowest BCUT2D eigenvalue weighted by atomic mass is 10.4. The van der Waals surface area contributed by atoms with E-state index in [1.165, 1.54) is 18.3 Å². The molecule has 2 N–H and O–H groups in total. The molecule has 16 heavy (non-hydrogen) atoms. The lowest BCUT2D eigenvalue weighted by Gasteiger charge is -2.01. The highest BCUT2D eigenvalue weighted by molar-refractivity contribution is 7.15. The van der Waals surface area contributed by atoms with Crippen LogP contribution in [0.2, 0.25) is 0 Å². The van der Waals surface area contributed by atoms with Crippen molar-refractivity contribution in [2.75, 3.05) is 11.9 Å². The van der Waals surface area contributed by atoms with Gasteiger partial charge in [-0.25, -0.2) is 0 Å². The highest BCUT2D eigenvalue weighted by atomic mass is 32.1. The smallest absolute Gasteiger partial charge is 0.227 e. The molecule has 0 saturated heterocycles. The summed E-state index contributed by atoms with van der Waals surface area (Å²) >= 11 is 1.36. The van der Waals surface area contributed by atoms with Crippen molar-refractivity contribution < 1.29 is 9.59 Å². The second-order valence-electron chi connectivity index (χ2n) is 3.14. The summed E-state index contributed by atoms with van der Waals surface area (Å²) < 4.78 is 0. The van der Waals surface area contributed by atoms with Crippen LogP contribution in [0.25, 0.3) is 0 Å². The van der Waals surface area contributed by atoms with Crippen molar-refractivity contribution in [3.05, 3.63) is 5.01 Å². The number of hydrogen-bond donors (Lipinski definition) is 2. The summed E-state index contributed by atoms with van der Waals surface area (Å²) in [5, 5.41) is 14.3. The fraction of sp³-hybridized carbons (Fsp3) is 0.556. The minimum atomic E-state index is -0.174. The first-order chi connectivity index (χ1) is 7.61. The van der Waals surface area contributed by atoms with Crippen LogP contribution in [0.5, 0.6) is 0 Å². The van der Waals surface area contributed by atoms with Gasteiger partial charge in [0.15, 0.2) is 0 Å². The molecule has 1 heterocycles. The summed E-state index contributed by atoms with van der Waals surface area (Å²) in [4.78, 5) is 21.9. The maximum Gasteiger partial charge on any atom is 0.227 e. The monoisotopic (exact) mass is 242 g/mol. The van der Waals surface area contributed by atoms with Crippen molar-refractivity contribution in [1.82, 2.24) is 15.5 Å². The predicted octanol–water partition coefficient (Wildman–Crippen LogP) is 0.565. The number of aromatic nitrogens is 2. The van der Waals surface area contributed by atoms with Crippen LogP contribution in [-0.2, 0) is 16.0 Å². The molecule has 0 spiro atoms. The maximum absolute atomic E-state index is 11.4. The largest absolute Gasteiger partial charge is 0.356 e. The summed E-state index contributed by atoms with van der Waals surface area (Å²) in [6.45, 7) is 3.72. The van der Waals surface area contributed by atoms with Crippen molar-refractivity contribution >= 4 is 28.3 Å². The molecule has 0 atom stereocenters. The Morgan fingerprint density at radius 2 is 2.12 bits per heavy atom. The molecule has 1 aromatic heterocycles. The molecule has 2 amide bonds. The number of amides is 2. The zero-order valence-corrected chi connectivity index (χ0v) is 10.1. The van der Waals surface area contributed by atoms with E-state index in [9.17, 15) is 9.59 Å². The van der Waals surface area contributed by atoms with Gasteiger partial charge in [-0.15, -0.1) is 10.2 Å². The standard InChI is InChI=1S/C9H14N4O2S/c1-3-8-12-13-9(16-8)11-7(15)4-5-10-6(2)14/h3-5H2,1-2H3,(H,10,14)(H,11,13,15). The van der Waals surface area contributed by atoms with E-state index >= 15 is 0 Å². The number of rotatable bonds is 5. The van der Waals surface area contributed by atoms with E-state index in [0.29, 0.717) is 11.7 Å². The van der Waals surface area contributed by atoms with Crippen LogP contribution in [0.3, 0.4) is 0 Å². The Hall–Kier alpha value is -1.50. The molecule has 0 aliphatic rings. The third-order valence-electron chi connectivity index (χ3n) is 1.74. The second-order valence-corrected chi connectivity index (χ2v) is 4.20. The number of anilines is 1. The molecule has 7 heteroatoms. The average Bonchev–Trinajstić information content (AvgIpc) is 2.65. The van der Waals surface area contributed by atoms with E-state index in [-0.39, 0.29) is 18.2 Å². The number of carbonyl (C=O) groups excluding carboxylic acids is 2. The van der Waals surface area contributed by atoms with E-state index in [1.54, 1.807) is 0 Å². The zero-order chi connectivity index (χ0) is 12.0. The molecular formula is C9H14N4O2S. The Balaban J connectivity index is 2.31. The lowest BCUT2D eigenvalue weighted by molar-refractivity contribution is -0.119. The quantitative estimate of drug-likeness (QED) is 0.790. The molecule has 0 aromatic carbocycles. The molecule has 0 unspecified atom stereocenters. The van der Waals surface area contributed by atoms with E-state index < -0.39 is 0 Å². The highest BCUT2D eigenvalue weighted by Gasteiger charge is 2.06. The van der Waals surface area contributed by atoms with E-state index in [2.05, 4.69) is 20.8 Å². The molecule has 6 nitrogen and oxygen atoms in total. The lowest BCUT2D eigenvalue weighted by Crippen LogP contribution is -2.25. The highest BCUT2D eigenvalue weighted by Crippen LogP contribution is 2.15. The summed E-state index contributed by atoms with van der Waals surface area (Å²) in [6, 6.07) is 0. The van der Waals surface area contributed by atoms with Gasteiger partial charge in [0.2, 0.25) is 16.9 Å². The van der Waals surface area contributed by atoms with Crippen LogP contribution in [0.4, 0.5) is 5.13 Å². The Morgan fingerprint density at radius 3 is 2.69 bits per heavy atom. The topological polar surface area (TPSA) is 84.0 Å². The molecule has 1 aromatic rings. The number of hydrogen-bond acceptors (Lipinski definition) is 5. The van der Waals surface area contributed by atoms with Gasteiger partial charge in [-0.1, -0.05) is 18.3 Å². The van der Waals surface area contributed by atoms with Gasteiger partial charge in [0.1, 0.15) is 5.01 Å². The van der Waals surface area contributed by atoms with Crippen LogP contribution in [0.15, 0.2) is 0 Å². The van der Waals surface area contributed by atoms with Crippen molar-refractivity contribution in [2.24, 2.45) is 0 Å². The number of nitrogens with zero attached hydrogens (tertiary/aromatic N) is 2. The number of nitrogens with one attached hydrogen (secondary N) is 2. The van der Waals surface area contributed by atoms with Crippen LogP contribution < -0.4 is 10.6 Å². The van der Waals surface area contributed by atoms with E-state index in [1.807, 2.05) is 6.92 Å². The van der Waals surface area contributed by atoms with Gasteiger partial charge in [-0.05, 0) is 6.42 Å². The summed E-state index contributed by atoms with van der Waals surface area (Å²) in [5.41, 5.74) is 0. The fourth-order valence-electron chi connectivity index (χ4n) is 0.981. The molecule has 0 fully saturated rings. The van der Waals surface area contributed by atoms with Gasteiger partial charge in [0, 0.05) is 19.9 Å². The summed E-state index contributed by atoms with van der Waals surface area (Å²) in [6.07, 6.45) is 1.04. The molecule has 1 rings (SSSR count). The zero-order valence-electron chi connectivity index (χ0n) is 9.24. The Labute approximate surface area is 97.5 Å². The minimum Gasteiger partial charge on any atom is -0.356 e. The van der Waals surface area contributed by atoms with Gasteiger partial charge >= 0.3 is 0 Å².